The van der Waals surface area contributed by atoms with Gasteiger partial charge in [-0.25, -0.2) is 0 Å². The average Bonchev–Trinajstić information content (AvgIpc) is 3.38. The molecule has 0 saturated carbocycles. The van der Waals surface area contributed by atoms with Crippen molar-refractivity contribution in [2.75, 3.05) is 25.1 Å². The summed E-state index contributed by atoms with van der Waals surface area (Å²) in [6.07, 6.45) is 1.64. The highest BCUT2D eigenvalue weighted by molar-refractivity contribution is 7.17. The van der Waals surface area contributed by atoms with Crippen LogP contribution in [-0.2, 0) is 11.3 Å². The highest BCUT2D eigenvalue weighted by Gasteiger charge is 2.26. The van der Waals surface area contributed by atoms with Crippen LogP contribution in [0.3, 0.4) is 0 Å². The van der Waals surface area contributed by atoms with Crippen molar-refractivity contribution in [3.05, 3.63) is 53.3 Å². The second kappa shape index (κ2) is 8.87. The summed E-state index contributed by atoms with van der Waals surface area (Å²) in [5.41, 5.74) is 3.35. The zero-order valence-corrected chi connectivity index (χ0v) is 18.4. The van der Waals surface area contributed by atoms with Crippen molar-refractivity contribution >= 4 is 22.4 Å². The van der Waals surface area contributed by atoms with Crippen LogP contribution < -0.4 is 15.0 Å². The number of benzene rings is 1. The van der Waals surface area contributed by atoms with E-state index in [9.17, 15) is 4.79 Å². The fourth-order valence-electron chi connectivity index (χ4n) is 3.85. The highest BCUT2D eigenvalue weighted by Crippen LogP contribution is 2.29. The first-order valence-corrected chi connectivity index (χ1v) is 11.0. The van der Waals surface area contributed by atoms with Gasteiger partial charge < -0.3 is 15.0 Å². The molecule has 30 heavy (non-hydrogen) atoms. The molecule has 1 N–H and O–H groups in total. The maximum absolute atomic E-state index is 12.6. The summed E-state index contributed by atoms with van der Waals surface area (Å²) in [5.74, 6) is 0.957. The van der Waals surface area contributed by atoms with Crippen molar-refractivity contribution in [1.82, 2.24) is 20.1 Å². The number of aryl methyl sites for hydroxylation is 2. The summed E-state index contributed by atoms with van der Waals surface area (Å²) in [4.78, 5) is 14.9. The van der Waals surface area contributed by atoms with Gasteiger partial charge in [-0.1, -0.05) is 23.5 Å². The maximum Gasteiger partial charge on any atom is 0.223 e. The summed E-state index contributed by atoms with van der Waals surface area (Å²) in [7, 11) is 1.65. The molecule has 1 aromatic carbocycles. The smallest absolute Gasteiger partial charge is 0.223 e. The summed E-state index contributed by atoms with van der Waals surface area (Å²) < 4.78 is 7.37. The van der Waals surface area contributed by atoms with Gasteiger partial charge in [-0.15, -0.1) is 10.2 Å². The number of rotatable bonds is 6. The minimum Gasteiger partial charge on any atom is -0.497 e. The summed E-state index contributed by atoms with van der Waals surface area (Å²) in [6, 6.07) is 12.0. The number of nitrogens with zero attached hydrogens (tertiary/aromatic N) is 4. The SMILES string of the molecule is COc1cccc(CNC(=O)C2CCN(c3nnc(-n4c(C)ccc4C)s3)CC2)c1. The maximum atomic E-state index is 12.6. The molecule has 2 aromatic heterocycles. The Bertz CT molecular complexity index is 1000. The van der Waals surface area contributed by atoms with Gasteiger partial charge in [0.05, 0.1) is 7.11 Å². The Morgan fingerprint density at radius 1 is 1.13 bits per heavy atom. The van der Waals surface area contributed by atoms with Crippen LogP contribution in [-0.4, -0.2) is 40.9 Å². The fraction of sp³-hybridized carbons (Fsp3) is 0.409. The number of amides is 1. The fourth-order valence-corrected chi connectivity index (χ4v) is 4.86. The monoisotopic (exact) mass is 425 g/mol. The lowest BCUT2D eigenvalue weighted by Gasteiger charge is -2.30. The van der Waals surface area contributed by atoms with Crippen molar-refractivity contribution in [1.29, 1.82) is 0 Å². The lowest BCUT2D eigenvalue weighted by molar-refractivity contribution is -0.125. The molecule has 4 rings (SSSR count). The summed E-state index contributed by atoms with van der Waals surface area (Å²) in [6.45, 7) is 6.30. The van der Waals surface area contributed by atoms with Gasteiger partial charge in [0.1, 0.15) is 5.75 Å². The largest absolute Gasteiger partial charge is 0.497 e. The summed E-state index contributed by atoms with van der Waals surface area (Å²) >= 11 is 1.60. The lowest BCUT2D eigenvalue weighted by atomic mass is 9.96. The number of carbonyl (C=O) groups is 1. The van der Waals surface area contributed by atoms with Crippen molar-refractivity contribution in [3.63, 3.8) is 0 Å². The van der Waals surface area contributed by atoms with E-state index in [2.05, 4.69) is 51.0 Å². The first-order valence-electron chi connectivity index (χ1n) is 10.2. The van der Waals surface area contributed by atoms with E-state index < -0.39 is 0 Å². The second-order valence-corrected chi connectivity index (χ2v) is 8.58. The van der Waals surface area contributed by atoms with Crippen molar-refractivity contribution in [2.24, 2.45) is 5.92 Å². The van der Waals surface area contributed by atoms with Crippen LogP contribution in [0.25, 0.3) is 5.13 Å². The van der Waals surface area contributed by atoms with Crippen molar-refractivity contribution < 1.29 is 9.53 Å². The van der Waals surface area contributed by atoms with Crippen LogP contribution in [0.1, 0.15) is 29.8 Å². The number of hydrogen-bond donors (Lipinski definition) is 1. The van der Waals surface area contributed by atoms with Gasteiger partial charge in [0.15, 0.2) is 0 Å². The molecule has 0 aliphatic carbocycles. The molecular weight excluding hydrogens is 398 g/mol. The minimum atomic E-state index is 0.0354. The van der Waals surface area contributed by atoms with Crippen LogP contribution in [0.15, 0.2) is 36.4 Å². The molecule has 0 spiro atoms. The number of piperidine rings is 1. The van der Waals surface area contributed by atoms with Crippen LogP contribution in [0.5, 0.6) is 5.75 Å². The molecule has 1 aliphatic heterocycles. The topological polar surface area (TPSA) is 72.3 Å². The average molecular weight is 426 g/mol. The van der Waals surface area contributed by atoms with Crippen molar-refractivity contribution in [2.45, 2.75) is 33.2 Å². The van der Waals surface area contributed by atoms with Gasteiger partial charge in [-0.2, -0.15) is 0 Å². The Hall–Kier alpha value is -2.87. The number of aromatic nitrogens is 3. The normalized spacial score (nSPS) is 14.7. The molecule has 7 nitrogen and oxygen atoms in total. The molecule has 0 atom stereocenters. The van der Waals surface area contributed by atoms with E-state index in [-0.39, 0.29) is 11.8 Å². The molecule has 0 radical (unpaired) electrons. The van der Waals surface area contributed by atoms with Crippen molar-refractivity contribution in [3.8, 4) is 10.9 Å². The summed E-state index contributed by atoms with van der Waals surface area (Å²) in [5, 5.41) is 13.7. The van der Waals surface area contributed by atoms with Gasteiger partial charge in [-0.05, 0) is 56.5 Å². The molecule has 1 aliphatic rings. The predicted molar refractivity (Wildman–Crippen MR) is 118 cm³/mol. The molecular formula is C22H27N5O2S. The van der Waals surface area contributed by atoms with E-state index in [4.69, 9.17) is 4.74 Å². The molecule has 3 heterocycles. The Morgan fingerprint density at radius 3 is 2.53 bits per heavy atom. The van der Waals surface area contributed by atoms with E-state index in [0.717, 1.165) is 58.9 Å². The number of carbonyl (C=O) groups excluding carboxylic acids is 1. The molecule has 3 aromatic rings. The number of nitrogens with one attached hydrogen (secondary N) is 1. The minimum absolute atomic E-state index is 0.0354. The van der Waals surface area contributed by atoms with Gasteiger partial charge in [0.2, 0.25) is 16.2 Å². The number of ether oxygens (including phenoxy) is 1. The van der Waals surface area contributed by atoms with E-state index in [0.29, 0.717) is 6.54 Å². The van der Waals surface area contributed by atoms with E-state index in [1.54, 1.807) is 18.4 Å². The first-order chi connectivity index (χ1) is 14.5. The van der Waals surface area contributed by atoms with Gasteiger partial charge in [0.25, 0.3) is 0 Å². The second-order valence-electron chi connectivity index (χ2n) is 7.65. The number of hydrogen-bond acceptors (Lipinski definition) is 6. The van der Waals surface area contributed by atoms with Gasteiger partial charge >= 0.3 is 0 Å². The Kier molecular flexibility index (Phi) is 6.03. The zero-order chi connectivity index (χ0) is 21.1. The van der Waals surface area contributed by atoms with E-state index >= 15 is 0 Å². The molecule has 0 bridgehead atoms. The quantitative estimate of drug-likeness (QED) is 0.655. The highest BCUT2D eigenvalue weighted by atomic mass is 32.1. The number of methoxy groups -OCH3 is 1. The Labute approximate surface area is 180 Å². The zero-order valence-electron chi connectivity index (χ0n) is 17.6. The molecule has 158 valence electrons. The third kappa shape index (κ3) is 4.33. The molecule has 0 unspecified atom stereocenters. The lowest BCUT2D eigenvalue weighted by Crippen LogP contribution is -2.40. The number of anilines is 1. The molecule has 1 saturated heterocycles. The Balaban J connectivity index is 1.31. The Morgan fingerprint density at radius 2 is 1.83 bits per heavy atom. The van der Waals surface area contributed by atoms with Crippen LogP contribution in [0, 0.1) is 19.8 Å². The van der Waals surface area contributed by atoms with Crippen LogP contribution >= 0.6 is 11.3 Å². The molecule has 1 fully saturated rings. The van der Waals surface area contributed by atoms with Crippen LogP contribution in [0.4, 0.5) is 5.13 Å². The van der Waals surface area contributed by atoms with Gasteiger partial charge in [-0.3, -0.25) is 9.36 Å². The third-order valence-corrected chi connectivity index (χ3v) is 6.57. The van der Waals surface area contributed by atoms with E-state index in [1.165, 1.54) is 0 Å². The standard InChI is InChI=1S/C22H27N5O2S/c1-15-7-8-16(2)27(15)22-25-24-21(30-22)26-11-9-18(10-12-26)20(28)23-14-17-5-4-6-19(13-17)29-3/h4-8,13,18H,9-12,14H2,1-3H3,(H,23,28). The third-order valence-electron chi connectivity index (χ3n) is 5.60. The van der Waals surface area contributed by atoms with E-state index in [1.807, 2.05) is 24.3 Å². The molecule has 8 heteroatoms. The molecule has 1 amide bonds. The van der Waals surface area contributed by atoms with Gasteiger partial charge in [0, 0.05) is 36.9 Å². The first kappa shape index (κ1) is 20.4. The predicted octanol–water partition coefficient (Wildman–Crippen LogP) is 3.49. The van der Waals surface area contributed by atoms with Crippen LogP contribution in [0.2, 0.25) is 0 Å².